The number of amides is 1. The number of benzene rings is 2. The quantitative estimate of drug-likeness (QED) is 0.331. The normalized spacial score (nSPS) is 11.8. The van der Waals surface area contributed by atoms with Crippen molar-refractivity contribution >= 4 is 17.5 Å². The lowest BCUT2D eigenvalue weighted by Gasteiger charge is -2.16. The van der Waals surface area contributed by atoms with E-state index in [0.29, 0.717) is 40.7 Å². The summed E-state index contributed by atoms with van der Waals surface area (Å²) in [6, 6.07) is 14.9. The average Bonchev–Trinajstić information content (AvgIpc) is 3.33. The van der Waals surface area contributed by atoms with Gasteiger partial charge in [-0.25, -0.2) is 9.97 Å². The molecular weight excluding hydrogens is 408 g/mol. The Labute approximate surface area is 183 Å². The minimum atomic E-state index is -0.479. The molecule has 0 aliphatic heterocycles. The molecule has 0 bridgehead atoms. The molecule has 162 valence electrons. The Bertz CT molecular complexity index is 1210. The molecule has 0 saturated carbocycles. The predicted molar refractivity (Wildman–Crippen MR) is 118 cm³/mol. The van der Waals surface area contributed by atoms with Crippen LogP contribution in [0.1, 0.15) is 33.1 Å². The number of aliphatic hydroxyl groups is 1. The van der Waals surface area contributed by atoms with Gasteiger partial charge >= 0.3 is 0 Å². The summed E-state index contributed by atoms with van der Waals surface area (Å²) in [5.41, 5.74) is 9.59. The molecule has 1 amide bonds. The van der Waals surface area contributed by atoms with E-state index >= 15 is 0 Å². The number of aromatic amines is 1. The van der Waals surface area contributed by atoms with E-state index in [-0.39, 0.29) is 12.5 Å². The topological polar surface area (TPSA) is 156 Å². The number of primary amides is 1. The SMILES string of the molecule is Cc1cc(Nc2ncc(-c3nn[nH]n3)c(C[C@H](CO)c3ccccc3)n2)ccc1C(N)=O. The van der Waals surface area contributed by atoms with E-state index in [4.69, 9.17) is 5.73 Å². The van der Waals surface area contributed by atoms with E-state index in [1.807, 2.05) is 37.3 Å². The van der Waals surface area contributed by atoms with Crippen molar-refractivity contribution in [1.82, 2.24) is 30.6 Å². The predicted octanol–water partition coefficient (Wildman–Crippen LogP) is 2.13. The molecule has 2 aromatic heterocycles. The highest BCUT2D eigenvalue weighted by Crippen LogP contribution is 2.27. The van der Waals surface area contributed by atoms with Gasteiger partial charge in [0.05, 0.1) is 17.9 Å². The summed E-state index contributed by atoms with van der Waals surface area (Å²) < 4.78 is 0. The zero-order valence-corrected chi connectivity index (χ0v) is 17.4. The van der Waals surface area contributed by atoms with Crippen LogP contribution >= 0.6 is 0 Å². The van der Waals surface area contributed by atoms with Crippen molar-refractivity contribution in [3.63, 3.8) is 0 Å². The molecule has 10 heteroatoms. The second kappa shape index (κ2) is 9.31. The van der Waals surface area contributed by atoms with Gasteiger partial charge < -0.3 is 16.2 Å². The molecule has 2 aromatic carbocycles. The molecular formula is C22H22N8O2. The van der Waals surface area contributed by atoms with Gasteiger partial charge in [-0.05, 0) is 47.9 Å². The molecule has 0 aliphatic rings. The van der Waals surface area contributed by atoms with Crippen molar-refractivity contribution in [3.8, 4) is 11.4 Å². The molecule has 5 N–H and O–H groups in total. The first-order chi connectivity index (χ1) is 15.5. The lowest BCUT2D eigenvalue weighted by molar-refractivity contribution is 0.0999. The highest BCUT2D eigenvalue weighted by molar-refractivity contribution is 5.94. The van der Waals surface area contributed by atoms with Crippen molar-refractivity contribution < 1.29 is 9.90 Å². The number of aromatic nitrogens is 6. The minimum Gasteiger partial charge on any atom is -0.396 e. The van der Waals surface area contributed by atoms with Gasteiger partial charge in [-0.3, -0.25) is 4.79 Å². The van der Waals surface area contributed by atoms with Crippen LogP contribution in [0.3, 0.4) is 0 Å². The number of hydrogen-bond acceptors (Lipinski definition) is 8. The van der Waals surface area contributed by atoms with Gasteiger partial charge in [0.2, 0.25) is 17.7 Å². The summed E-state index contributed by atoms with van der Waals surface area (Å²) in [6.45, 7) is 1.76. The van der Waals surface area contributed by atoms with Crippen LogP contribution in [0.4, 0.5) is 11.6 Å². The van der Waals surface area contributed by atoms with Gasteiger partial charge in [0.15, 0.2) is 0 Å². The van der Waals surface area contributed by atoms with Crippen LogP contribution in [-0.4, -0.2) is 48.2 Å². The van der Waals surface area contributed by atoms with E-state index in [0.717, 1.165) is 11.1 Å². The lowest BCUT2D eigenvalue weighted by atomic mass is 9.93. The fraction of sp³-hybridized carbons (Fsp3) is 0.182. The first kappa shape index (κ1) is 21.1. The number of nitrogens with two attached hydrogens (primary N) is 1. The number of hydrogen-bond donors (Lipinski definition) is 4. The van der Waals surface area contributed by atoms with E-state index < -0.39 is 5.91 Å². The number of carbonyl (C=O) groups excluding carboxylic acids is 1. The molecule has 0 fully saturated rings. The molecule has 0 saturated heterocycles. The maximum atomic E-state index is 11.5. The highest BCUT2D eigenvalue weighted by Gasteiger charge is 2.19. The maximum absolute atomic E-state index is 11.5. The third-order valence-electron chi connectivity index (χ3n) is 5.13. The van der Waals surface area contributed by atoms with Gasteiger partial charge in [0, 0.05) is 23.4 Å². The zero-order valence-electron chi connectivity index (χ0n) is 17.4. The number of nitrogens with one attached hydrogen (secondary N) is 2. The van der Waals surface area contributed by atoms with Gasteiger partial charge in [-0.1, -0.05) is 30.3 Å². The largest absolute Gasteiger partial charge is 0.396 e. The van der Waals surface area contributed by atoms with Crippen LogP contribution in [-0.2, 0) is 6.42 Å². The Balaban J connectivity index is 1.67. The van der Waals surface area contributed by atoms with Crippen LogP contribution in [0.5, 0.6) is 0 Å². The zero-order chi connectivity index (χ0) is 22.5. The van der Waals surface area contributed by atoms with Crippen molar-refractivity contribution in [3.05, 3.63) is 77.1 Å². The fourth-order valence-corrected chi connectivity index (χ4v) is 3.49. The molecule has 0 radical (unpaired) electrons. The van der Waals surface area contributed by atoms with Gasteiger partial charge in [-0.15, -0.1) is 10.2 Å². The monoisotopic (exact) mass is 430 g/mol. The second-order valence-electron chi connectivity index (χ2n) is 7.30. The Kier molecular flexibility index (Phi) is 6.13. The summed E-state index contributed by atoms with van der Waals surface area (Å²) in [7, 11) is 0. The molecule has 0 spiro atoms. The smallest absolute Gasteiger partial charge is 0.248 e. The van der Waals surface area contributed by atoms with Gasteiger partial charge in [-0.2, -0.15) is 5.21 Å². The molecule has 1 atom stereocenters. The minimum absolute atomic E-state index is 0.0454. The van der Waals surface area contributed by atoms with Crippen molar-refractivity contribution in [2.24, 2.45) is 5.73 Å². The van der Waals surface area contributed by atoms with Gasteiger partial charge in [0.1, 0.15) is 0 Å². The summed E-state index contributed by atoms with van der Waals surface area (Å²) in [4.78, 5) is 20.5. The van der Waals surface area contributed by atoms with Gasteiger partial charge in [0.25, 0.3) is 0 Å². The Morgan fingerprint density at radius 2 is 2.03 bits per heavy atom. The molecule has 2 heterocycles. The molecule has 4 rings (SSSR count). The maximum Gasteiger partial charge on any atom is 0.248 e. The van der Waals surface area contributed by atoms with E-state index in [1.165, 1.54) is 0 Å². The van der Waals surface area contributed by atoms with Crippen molar-refractivity contribution in [2.45, 2.75) is 19.3 Å². The van der Waals surface area contributed by atoms with E-state index in [1.54, 1.807) is 24.4 Å². The molecule has 0 aliphatic carbocycles. The van der Waals surface area contributed by atoms with E-state index in [2.05, 4.69) is 35.9 Å². The van der Waals surface area contributed by atoms with Crippen LogP contribution in [0, 0.1) is 6.92 Å². The summed E-state index contributed by atoms with van der Waals surface area (Å²) in [6.07, 6.45) is 2.07. The Hall–Kier alpha value is -4.18. The molecule has 4 aromatic rings. The number of H-pyrrole nitrogens is 1. The molecule has 32 heavy (non-hydrogen) atoms. The number of rotatable bonds is 8. The number of nitrogens with zero attached hydrogens (tertiary/aromatic N) is 5. The lowest BCUT2D eigenvalue weighted by Crippen LogP contribution is -2.13. The summed E-state index contributed by atoms with van der Waals surface area (Å²) in [5.74, 6) is 0.0934. The number of tetrazole rings is 1. The standard InChI is InChI=1S/C22H22N8O2/c1-13-9-16(7-8-17(13)20(23)32)25-22-24-11-18(21-27-29-30-28-21)19(26-22)10-15(12-31)14-5-3-2-4-6-14/h2-9,11,15,31H,10,12H2,1H3,(H2,23,32)(H,24,25,26)(H,27,28,29,30)/t15-/m1/s1. The number of carbonyl (C=O) groups is 1. The Morgan fingerprint density at radius 3 is 2.69 bits per heavy atom. The third-order valence-corrected chi connectivity index (χ3v) is 5.13. The number of anilines is 2. The first-order valence-corrected chi connectivity index (χ1v) is 9.98. The van der Waals surface area contributed by atoms with Crippen LogP contribution in [0.2, 0.25) is 0 Å². The van der Waals surface area contributed by atoms with Crippen LogP contribution < -0.4 is 11.1 Å². The average molecular weight is 430 g/mol. The van der Waals surface area contributed by atoms with Crippen molar-refractivity contribution in [2.75, 3.05) is 11.9 Å². The fourth-order valence-electron chi connectivity index (χ4n) is 3.49. The van der Waals surface area contributed by atoms with Crippen LogP contribution in [0.15, 0.2) is 54.7 Å². The molecule has 0 unspecified atom stereocenters. The summed E-state index contributed by atoms with van der Waals surface area (Å²) in [5, 5.41) is 27.3. The molecule has 10 nitrogen and oxygen atoms in total. The van der Waals surface area contributed by atoms with Crippen LogP contribution in [0.25, 0.3) is 11.4 Å². The van der Waals surface area contributed by atoms with E-state index in [9.17, 15) is 9.90 Å². The Morgan fingerprint density at radius 1 is 1.22 bits per heavy atom. The number of aryl methyl sites for hydroxylation is 1. The third kappa shape index (κ3) is 4.60. The number of aliphatic hydroxyl groups excluding tert-OH is 1. The second-order valence-corrected chi connectivity index (χ2v) is 7.30. The summed E-state index contributed by atoms with van der Waals surface area (Å²) >= 11 is 0. The first-order valence-electron chi connectivity index (χ1n) is 9.98. The highest BCUT2D eigenvalue weighted by atomic mass is 16.3. The van der Waals surface area contributed by atoms with Crippen molar-refractivity contribution in [1.29, 1.82) is 0 Å².